The lowest BCUT2D eigenvalue weighted by molar-refractivity contribution is -0.175. The number of unbranched alkanes of at least 4 members (excludes halogenated alkanes) is 1. The molecule has 1 atom stereocenters. The quantitative estimate of drug-likeness (QED) is 0.567. The van der Waals surface area contributed by atoms with Crippen LogP contribution in [0.2, 0.25) is 0 Å². The Bertz CT molecular complexity index is 356. The van der Waals surface area contributed by atoms with Crippen molar-refractivity contribution >= 4 is 6.16 Å². The Labute approximate surface area is 102 Å². The van der Waals surface area contributed by atoms with Gasteiger partial charge in [-0.3, -0.25) is 0 Å². The molecule has 0 N–H and O–H groups in total. The molecule has 0 amide bonds. The molecule has 1 aliphatic rings. The van der Waals surface area contributed by atoms with Gasteiger partial charge in [-0.2, -0.15) is 13.2 Å². The van der Waals surface area contributed by atoms with E-state index in [1.807, 2.05) is 12.8 Å². The number of hydrogen-bond donors (Lipinski definition) is 0. The first-order chi connectivity index (χ1) is 8.37. The van der Waals surface area contributed by atoms with Crippen molar-refractivity contribution in [2.24, 2.45) is 0 Å². The summed E-state index contributed by atoms with van der Waals surface area (Å²) in [7, 11) is 0. The molecule has 7 heteroatoms. The fourth-order valence-electron chi connectivity index (χ4n) is 1.40. The van der Waals surface area contributed by atoms with Crippen LogP contribution in [0.4, 0.5) is 18.0 Å². The summed E-state index contributed by atoms with van der Waals surface area (Å²) in [5.41, 5.74) is 0. The second kappa shape index (κ2) is 5.96. The number of alkyl halides is 3. The van der Waals surface area contributed by atoms with E-state index >= 15 is 0 Å². The number of hydrogen-bond acceptors (Lipinski definition) is 4. The van der Waals surface area contributed by atoms with Gasteiger partial charge in [0.05, 0.1) is 0 Å². The van der Waals surface area contributed by atoms with Crippen LogP contribution in [0.25, 0.3) is 0 Å². The summed E-state index contributed by atoms with van der Waals surface area (Å²) >= 11 is 0. The fraction of sp³-hybridized carbons (Fsp3) is 0.727. The van der Waals surface area contributed by atoms with E-state index in [0.29, 0.717) is 12.8 Å². The normalized spacial score (nSPS) is 23.0. The minimum Gasteiger partial charge on any atom is -0.427 e. The molecule has 0 radical (unpaired) electrons. The minimum absolute atomic E-state index is 0.125. The Hall–Kier alpha value is -1.42. The summed E-state index contributed by atoms with van der Waals surface area (Å²) in [4.78, 5) is 10.9. The first-order valence-electron chi connectivity index (χ1n) is 5.43. The molecular formula is C11H13F3O4. The highest BCUT2D eigenvalue weighted by atomic mass is 19.4. The van der Waals surface area contributed by atoms with E-state index in [-0.39, 0.29) is 6.61 Å². The Balaban J connectivity index is 2.52. The number of halogens is 3. The van der Waals surface area contributed by atoms with Gasteiger partial charge < -0.3 is 14.2 Å². The summed E-state index contributed by atoms with van der Waals surface area (Å²) in [5.74, 6) is 1.60. The highest BCUT2D eigenvalue weighted by Gasteiger charge is 2.43. The third-order valence-corrected chi connectivity index (χ3v) is 2.23. The summed E-state index contributed by atoms with van der Waals surface area (Å²) < 4.78 is 49.9. The Morgan fingerprint density at radius 1 is 1.50 bits per heavy atom. The monoisotopic (exact) mass is 266 g/mol. The molecule has 0 aromatic rings. The van der Waals surface area contributed by atoms with Gasteiger partial charge in [0.15, 0.2) is 6.61 Å². The van der Waals surface area contributed by atoms with E-state index in [2.05, 4.69) is 4.74 Å². The lowest BCUT2D eigenvalue weighted by atomic mass is 10.1. The van der Waals surface area contributed by atoms with Gasteiger partial charge >= 0.3 is 12.3 Å². The average Bonchev–Trinajstić information content (AvgIpc) is 2.63. The average molecular weight is 266 g/mol. The predicted molar refractivity (Wildman–Crippen MR) is 54.5 cm³/mol. The number of carbonyl (C=O) groups is 1. The van der Waals surface area contributed by atoms with Crippen LogP contribution in [0.3, 0.4) is 0 Å². The first-order valence-corrected chi connectivity index (χ1v) is 5.43. The Morgan fingerprint density at radius 3 is 2.72 bits per heavy atom. The van der Waals surface area contributed by atoms with Crippen molar-refractivity contribution < 1.29 is 32.2 Å². The zero-order chi connectivity index (χ0) is 13.6. The zero-order valence-electron chi connectivity index (χ0n) is 9.80. The van der Waals surface area contributed by atoms with Crippen molar-refractivity contribution in [2.45, 2.75) is 38.1 Å². The Morgan fingerprint density at radius 2 is 2.22 bits per heavy atom. The second-order valence-corrected chi connectivity index (χ2v) is 3.74. The molecule has 1 heterocycles. The summed E-state index contributed by atoms with van der Waals surface area (Å²) in [6, 6.07) is 0. The van der Waals surface area contributed by atoms with Crippen molar-refractivity contribution in [3.05, 3.63) is 0 Å². The number of ether oxygens (including phenoxy) is 3. The van der Waals surface area contributed by atoms with Crippen LogP contribution in [0.15, 0.2) is 0 Å². The molecule has 0 saturated carbocycles. The van der Waals surface area contributed by atoms with Crippen molar-refractivity contribution in [3.8, 4) is 11.8 Å². The van der Waals surface area contributed by atoms with E-state index < -0.39 is 24.7 Å². The zero-order valence-corrected chi connectivity index (χ0v) is 9.80. The maximum Gasteiger partial charge on any atom is 0.511 e. The van der Waals surface area contributed by atoms with Crippen LogP contribution < -0.4 is 0 Å². The molecule has 1 saturated heterocycles. The lowest BCUT2D eigenvalue weighted by Crippen LogP contribution is -2.35. The standard InChI is InChI=1S/C11H13F3O4/c1-2-3-5-10(8-16-9(15)18-10)17-7-4-6-11(12,13)14/h2-3,5,7-8H2,1H3. The van der Waals surface area contributed by atoms with E-state index in [0.717, 1.165) is 12.3 Å². The molecule has 0 aromatic carbocycles. The molecule has 102 valence electrons. The van der Waals surface area contributed by atoms with Gasteiger partial charge in [0, 0.05) is 12.3 Å². The molecule has 4 nitrogen and oxygen atoms in total. The predicted octanol–water partition coefficient (Wildman–Crippen LogP) is 2.62. The maximum atomic E-state index is 11.8. The first kappa shape index (κ1) is 14.6. The van der Waals surface area contributed by atoms with Gasteiger partial charge in [0.1, 0.15) is 6.61 Å². The van der Waals surface area contributed by atoms with Gasteiger partial charge in [0.25, 0.3) is 5.79 Å². The lowest BCUT2D eigenvalue weighted by Gasteiger charge is -2.23. The molecule has 0 spiro atoms. The highest BCUT2D eigenvalue weighted by Crippen LogP contribution is 2.27. The van der Waals surface area contributed by atoms with Crippen LogP contribution in [-0.4, -0.2) is 31.3 Å². The molecule has 1 aliphatic heterocycles. The van der Waals surface area contributed by atoms with Gasteiger partial charge in [-0.1, -0.05) is 19.3 Å². The van der Waals surface area contributed by atoms with Crippen molar-refractivity contribution in [1.29, 1.82) is 0 Å². The molecule has 0 bridgehead atoms. The largest absolute Gasteiger partial charge is 0.511 e. The third kappa shape index (κ3) is 4.84. The van der Waals surface area contributed by atoms with Crippen LogP contribution in [0, 0.1) is 11.8 Å². The SMILES string of the molecule is CCCCC1(OCC#CC(F)(F)F)COC(=O)O1. The van der Waals surface area contributed by atoms with Crippen LogP contribution in [0.1, 0.15) is 26.2 Å². The van der Waals surface area contributed by atoms with Crippen LogP contribution in [-0.2, 0) is 14.2 Å². The molecular weight excluding hydrogens is 253 g/mol. The summed E-state index contributed by atoms with van der Waals surface area (Å²) in [6.45, 7) is 1.33. The maximum absolute atomic E-state index is 11.8. The third-order valence-electron chi connectivity index (χ3n) is 2.23. The van der Waals surface area contributed by atoms with Crippen molar-refractivity contribution in [1.82, 2.24) is 0 Å². The summed E-state index contributed by atoms with van der Waals surface area (Å²) in [6.07, 6.45) is -3.54. The van der Waals surface area contributed by atoms with Crippen molar-refractivity contribution in [2.75, 3.05) is 13.2 Å². The topological polar surface area (TPSA) is 44.8 Å². The summed E-state index contributed by atoms with van der Waals surface area (Å²) in [5, 5.41) is 0. The Kier molecular flexibility index (Phi) is 4.84. The van der Waals surface area contributed by atoms with E-state index in [1.165, 1.54) is 0 Å². The number of carbonyl (C=O) groups excluding carboxylic acids is 1. The molecule has 0 aromatic heterocycles. The molecule has 1 fully saturated rings. The smallest absolute Gasteiger partial charge is 0.427 e. The van der Waals surface area contributed by atoms with Gasteiger partial charge in [-0.25, -0.2) is 4.79 Å². The van der Waals surface area contributed by atoms with E-state index in [9.17, 15) is 18.0 Å². The fourth-order valence-corrected chi connectivity index (χ4v) is 1.40. The molecule has 0 aliphatic carbocycles. The van der Waals surface area contributed by atoms with Crippen molar-refractivity contribution in [3.63, 3.8) is 0 Å². The minimum atomic E-state index is -4.55. The van der Waals surface area contributed by atoms with Gasteiger partial charge in [-0.05, 0) is 6.42 Å². The van der Waals surface area contributed by atoms with Gasteiger partial charge in [0.2, 0.25) is 0 Å². The van der Waals surface area contributed by atoms with Crippen LogP contribution >= 0.6 is 0 Å². The second-order valence-electron chi connectivity index (χ2n) is 3.74. The molecule has 1 unspecified atom stereocenters. The van der Waals surface area contributed by atoms with Crippen LogP contribution in [0.5, 0.6) is 0 Å². The van der Waals surface area contributed by atoms with Gasteiger partial charge in [-0.15, -0.1) is 0 Å². The number of cyclic esters (lactones) is 2. The number of rotatable bonds is 5. The van der Waals surface area contributed by atoms with E-state index in [4.69, 9.17) is 9.47 Å². The molecule has 18 heavy (non-hydrogen) atoms. The van der Waals surface area contributed by atoms with E-state index in [1.54, 1.807) is 0 Å². The molecule has 1 rings (SSSR count). The highest BCUT2D eigenvalue weighted by molar-refractivity contribution is 5.62.